The Labute approximate surface area is 62.0 Å². The molecule has 0 bridgehead atoms. The van der Waals surface area contributed by atoms with Crippen LogP contribution in [-0.2, 0) is 9.53 Å². The van der Waals surface area contributed by atoms with E-state index in [4.69, 9.17) is 5.11 Å². The molecule has 3 heteroatoms. The number of aliphatic hydroxyl groups excluding tert-OH is 1. The molecule has 0 saturated heterocycles. The molecule has 0 aromatic carbocycles. The smallest absolute Gasteiger partial charge is 0.331 e. The third kappa shape index (κ3) is 7.43. The average molecular weight is 148 g/mol. The third-order valence-corrected chi connectivity index (χ3v) is 0.707. The van der Waals surface area contributed by atoms with Gasteiger partial charge in [0, 0.05) is 0 Å². The molecular formula is C7H16O3. The van der Waals surface area contributed by atoms with Gasteiger partial charge in [-0.3, -0.25) is 0 Å². The lowest BCUT2D eigenvalue weighted by Gasteiger charge is -2.03. The highest BCUT2D eigenvalue weighted by Gasteiger charge is 1.99. The second kappa shape index (κ2) is 6.55. The largest absolute Gasteiger partial charge is 0.464 e. The molecule has 0 aromatic heterocycles. The van der Waals surface area contributed by atoms with Crippen molar-refractivity contribution in [1.82, 2.24) is 0 Å². The molecule has 0 aromatic rings. The zero-order chi connectivity index (χ0) is 7.28. The number of ether oxygens (including phenoxy) is 1. The van der Waals surface area contributed by atoms with E-state index in [1.54, 1.807) is 0 Å². The predicted molar refractivity (Wildman–Crippen MR) is 39.6 cm³/mol. The van der Waals surface area contributed by atoms with Gasteiger partial charge >= 0.3 is 5.97 Å². The first-order valence-corrected chi connectivity index (χ1v) is 2.93. The van der Waals surface area contributed by atoms with E-state index >= 15 is 0 Å². The zero-order valence-electron chi connectivity index (χ0n) is 5.76. The molecular weight excluding hydrogens is 132 g/mol. The van der Waals surface area contributed by atoms with E-state index < -0.39 is 12.6 Å². The van der Waals surface area contributed by atoms with Crippen LogP contribution in [0.4, 0.5) is 0 Å². The summed E-state index contributed by atoms with van der Waals surface area (Å²) >= 11 is 0. The van der Waals surface area contributed by atoms with Crippen LogP contribution in [0.5, 0.6) is 0 Å². The Kier molecular flexibility index (Phi) is 7.95. The summed E-state index contributed by atoms with van der Waals surface area (Å²) in [6.07, 6.45) is 0. The molecule has 1 N–H and O–H groups in total. The van der Waals surface area contributed by atoms with Crippen molar-refractivity contribution in [3.05, 3.63) is 0 Å². The summed E-state index contributed by atoms with van der Waals surface area (Å²) in [6, 6.07) is 0. The summed E-state index contributed by atoms with van der Waals surface area (Å²) in [6.45, 7) is 3.74. The lowest BCUT2D eigenvalue weighted by Crippen LogP contribution is -2.12. The molecule has 0 spiro atoms. The highest BCUT2D eigenvalue weighted by Crippen LogP contribution is 1.91. The molecule has 0 amide bonds. The molecule has 0 fully saturated rings. The fourth-order valence-electron chi connectivity index (χ4n) is 0.305. The quantitative estimate of drug-likeness (QED) is 0.602. The van der Waals surface area contributed by atoms with Crippen LogP contribution in [0.25, 0.3) is 0 Å². The summed E-state index contributed by atoms with van der Waals surface area (Å²) in [7, 11) is 0. The maximum absolute atomic E-state index is 10.2. The number of carbonyl (C=O) groups is 1. The summed E-state index contributed by atoms with van der Waals surface area (Å²) in [5.74, 6) is -0.218. The van der Waals surface area contributed by atoms with Crippen molar-refractivity contribution in [3.63, 3.8) is 0 Å². The van der Waals surface area contributed by atoms with E-state index in [-0.39, 0.29) is 7.43 Å². The summed E-state index contributed by atoms with van der Waals surface area (Å²) in [5.41, 5.74) is 0. The Morgan fingerprint density at radius 1 is 1.60 bits per heavy atom. The molecule has 0 aliphatic carbocycles. The fraction of sp³-hybridized carbons (Fsp3) is 0.857. The van der Waals surface area contributed by atoms with Crippen molar-refractivity contribution in [2.75, 3.05) is 13.2 Å². The first-order chi connectivity index (χ1) is 4.16. The van der Waals surface area contributed by atoms with Crippen molar-refractivity contribution in [1.29, 1.82) is 0 Å². The van der Waals surface area contributed by atoms with E-state index in [0.717, 1.165) is 0 Å². The molecule has 0 saturated carbocycles. The highest BCUT2D eigenvalue weighted by molar-refractivity contribution is 5.70. The van der Waals surface area contributed by atoms with Gasteiger partial charge in [0.25, 0.3) is 0 Å². The Balaban J connectivity index is 0. The molecule has 0 heterocycles. The lowest BCUT2D eigenvalue weighted by atomic mass is 10.2. The van der Waals surface area contributed by atoms with Gasteiger partial charge in [0.05, 0.1) is 6.61 Å². The van der Waals surface area contributed by atoms with Crippen molar-refractivity contribution >= 4 is 5.97 Å². The SMILES string of the molecule is C.CC(C)COC(=O)CO. The van der Waals surface area contributed by atoms with Crippen LogP contribution in [0.1, 0.15) is 21.3 Å². The number of hydrogen-bond acceptors (Lipinski definition) is 3. The topological polar surface area (TPSA) is 46.5 Å². The molecule has 0 radical (unpaired) electrons. The van der Waals surface area contributed by atoms with Gasteiger partial charge in [-0.05, 0) is 5.92 Å². The van der Waals surface area contributed by atoms with E-state index in [1.807, 2.05) is 13.8 Å². The zero-order valence-corrected chi connectivity index (χ0v) is 5.76. The second-order valence-electron chi connectivity index (χ2n) is 2.23. The van der Waals surface area contributed by atoms with Crippen LogP contribution < -0.4 is 0 Å². The van der Waals surface area contributed by atoms with Gasteiger partial charge in [-0.15, -0.1) is 0 Å². The molecule has 3 nitrogen and oxygen atoms in total. The van der Waals surface area contributed by atoms with Crippen molar-refractivity contribution in [3.8, 4) is 0 Å². The number of aliphatic hydroxyl groups is 1. The van der Waals surface area contributed by atoms with E-state index in [0.29, 0.717) is 12.5 Å². The third-order valence-electron chi connectivity index (χ3n) is 0.707. The normalized spacial score (nSPS) is 8.80. The Hall–Kier alpha value is -0.570. The minimum Gasteiger partial charge on any atom is -0.464 e. The predicted octanol–water partition coefficient (Wildman–Crippen LogP) is 0.814. The Morgan fingerprint density at radius 3 is 2.40 bits per heavy atom. The fourth-order valence-corrected chi connectivity index (χ4v) is 0.305. The van der Waals surface area contributed by atoms with Crippen LogP contribution in [0.3, 0.4) is 0 Å². The average Bonchev–Trinajstić information content (AvgIpc) is 1.83. The van der Waals surface area contributed by atoms with Gasteiger partial charge in [-0.1, -0.05) is 21.3 Å². The molecule has 0 unspecified atom stereocenters. The van der Waals surface area contributed by atoms with Crippen LogP contribution in [0.2, 0.25) is 0 Å². The summed E-state index contributed by atoms with van der Waals surface area (Å²) in [4.78, 5) is 10.2. The molecule has 0 atom stereocenters. The molecule has 0 aliphatic heterocycles. The van der Waals surface area contributed by atoms with Gasteiger partial charge in [0.2, 0.25) is 0 Å². The van der Waals surface area contributed by atoms with E-state index in [1.165, 1.54) is 0 Å². The number of carbonyl (C=O) groups excluding carboxylic acids is 1. The minimum atomic E-state index is -0.552. The van der Waals surface area contributed by atoms with Gasteiger partial charge in [-0.25, -0.2) is 4.79 Å². The summed E-state index contributed by atoms with van der Waals surface area (Å²) in [5, 5.41) is 8.17. The first kappa shape index (κ1) is 12.1. The van der Waals surface area contributed by atoms with Gasteiger partial charge < -0.3 is 9.84 Å². The second-order valence-corrected chi connectivity index (χ2v) is 2.23. The highest BCUT2D eigenvalue weighted by atomic mass is 16.5. The maximum Gasteiger partial charge on any atom is 0.331 e. The van der Waals surface area contributed by atoms with E-state index in [9.17, 15) is 4.79 Å². The molecule has 62 valence electrons. The monoisotopic (exact) mass is 148 g/mol. The minimum absolute atomic E-state index is 0. The van der Waals surface area contributed by atoms with Gasteiger partial charge in [-0.2, -0.15) is 0 Å². The van der Waals surface area contributed by atoms with Crippen molar-refractivity contribution in [2.45, 2.75) is 21.3 Å². The van der Waals surface area contributed by atoms with Gasteiger partial charge in [0.1, 0.15) is 6.61 Å². The Bertz CT molecular complexity index is 88.9. The number of hydrogen-bond donors (Lipinski definition) is 1. The van der Waals surface area contributed by atoms with Crippen LogP contribution >= 0.6 is 0 Å². The first-order valence-electron chi connectivity index (χ1n) is 2.93. The van der Waals surface area contributed by atoms with Crippen LogP contribution in [-0.4, -0.2) is 24.3 Å². The Morgan fingerprint density at radius 2 is 2.10 bits per heavy atom. The van der Waals surface area contributed by atoms with Gasteiger partial charge in [0.15, 0.2) is 0 Å². The van der Waals surface area contributed by atoms with Crippen LogP contribution in [0.15, 0.2) is 0 Å². The maximum atomic E-state index is 10.2. The van der Waals surface area contributed by atoms with E-state index in [2.05, 4.69) is 4.74 Å². The summed E-state index contributed by atoms with van der Waals surface area (Å²) < 4.78 is 4.56. The van der Waals surface area contributed by atoms with Crippen molar-refractivity contribution in [2.24, 2.45) is 5.92 Å². The van der Waals surface area contributed by atoms with Crippen LogP contribution in [0, 0.1) is 5.92 Å². The molecule has 0 aliphatic rings. The molecule has 0 rings (SSSR count). The lowest BCUT2D eigenvalue weighted by molar-refractivity contribution is -0.147. The number of esters is 1. The van der Waals surface area contributed by atoms with Crippen molar-refractivity contribution < 1.29 is 14.6 Å². The molecule has 10 heavy (non-hydrogen) atoms. The number of rotatable bonds is 3. The standard InChI is InChI=1S/C6H12O3.CH4/c1-5(2)4-9-6(8)3-7;/h5,7H,3-4H2,1-2H3;1H4.